The summed E-state index contributed by atoms with van der Waals surface area (Å²) in [4.78, 5) is 6.68. The molecule has 2 rings (SSSR count). The van der Waals surface area contributed by atoms with Crippen molar-refractivity contribution in [3.05, 3.63) is 21.8 Å². The third kappa shape index (κ3) is 2.85. The fraction of sp³-hybridized carbons (Fsp3) is 0.545. The Hall–Kier alpha value is -0.280. The molecule has 0 N–H and O–H groups in total. The molecule has 1 aliphatic carbocycles. The van der Waals surface area contributed by atoms with E-state index in [1.54, 1.807) is 6.20 Å². The summed E-state index contributed by atoms with van der Waals surface area (Å²) in [5.74, 6) is 1.88. The molecule has 0 aliphatic heterocycles. The van der Waals surface area contributed by atoms with Crippen molar-refractivity contribution in [1.29, 1.82) is 0 Å². The molecule has 1 fully saturated rings. The zero-order valence-corrected chi connectivity index (χ0v) is 11.1. The molecular formula is C11H14BrClN2. The lowest BCUT2D eigenvalue weighted by molar-refractivity contribution is 0.730. The van der Waals surface area contributed by atoms with Crippen molar-refractivity contribution in [2.75, 3.05) is 18.0 Å². The van der Waals surface area contributed by atoms with Crippen LogP contribution in [0.2, 0.25) is 5.02 Å². The minimum absolute atomic E-state index is 0.674. The minimum atomic E-state index is 0.674. The molecule has 0 unspecified atom stereocenters. The number of nitrogens with zero attached hydrogens (tertiary/aromatic N) is 2. The predicted octanol–water partition coefficient (Wildman–Crippen LogP) is 3.73. The molecule has 1 aliphatic rings. The highest BCUT2D eigenvalue weighted by Crippen LogP contribution is 2.33. The Bertz CT molecular complexity index is 352. The van der Waals surface area contributed by atoms with E-state index in [1.807, 2.05) is 6.07 Å². The van der Waals surface area contributed by atoms with Crippen LogP contribution in [0.1, 0.15) is 19.8 Å². The van der Waals surface area contributed by atoms with Crippen LogP contribution in [0.4, 0.5) is 5.82 Å². The van der Waals surface area contributed by atoms with Gasteiger partial charge in [-0.3, -0.25) is 0 Å². The maximum Gasteiger partial charge on any atom is 0.142 e. The number of hydrogen-bond acceptors (Lipinski definition) is 2. The van der Waals surface area contributed by atoms with Gasteiger partial charge in [0.2, 0.25) is 0 Å². The third-order valence-electron chi connectivity index (χ3n) is 2.65. The molecule has 2 nitrogen and oxygen atoms in total. The Balaban J connectivity index is 2.16. The Morgan fingerprint density at radius 1 is 1.60 bits per heavy atom. The van der Waals surface area contributed by atoms with E-state index in [2.05, 4.69) is 32.7 Å². The van der Waals surface area contributed by atoms with Crippen LogP contribution in [0.5, 0.6) is 0 Å². The molecule has 0 aromatic carbocycles. The van der Waals surface area contributed by atoms with Crippen LogP contribution in [0, 0.1) is 5.92 Å². The van der Waals surface area contributed by atoms with E-state index in [0.29, 0.717) is 5.02 Å². The molecule has 0 amide bonds. The summed E-state index contributed by atoms with van der Waals surface area (Å²) in [6.07, 6.45) is 4.43. The summed E-state index contributed by atoms with van der Waals surface area (Å²) < 4.78 is 0.984. The maximum absolute atomic E-state index is 5.87. The number of halogens is 2. The van der Waals surface area contributed by atoms with Crippen LogP contribution in [0.25, 0.3) is 0 Å². The molecule has 0 radical (unpaired) electrons. The highest BCUT2D eigenvalue weighted by atomic mass is 79.9. The molecule has 1 heterocycles. The normalized spacial score (nSPS) is 15.4. The second kappa shape index (κ2) is 4.71. The summed E-state index contributed by atoms with van der Waals surface area (Å²) in [6.45, 7) is 4.26. The lowest BCUT2D eigenvalue weighted by Crippen LogP contribution is -2.26. The van der Waals surface area contributed by atoms with Crippen molar-refractivity contribution in [3.63, 3.8) is 0 Å². The van der Waals surface area contributed by atoms with Gasteiger partial charge in [0.25, 0.3) is 0 Å². The maximum atomic E-state index is 5.87. The van der Waals surface area contributed by atoms with Gasteiger partial charge >= 0.3 is 0 Å². The zero-order chi connectivity index (χ0) is 10.8. The first-order valence-corrected chi connectivity index (χ1v) is 6.43. The number of aromatic nitrogens is 1. The minimum Gasteiger partial charge on any atom is -0.356 e. The highest BCUT2D eigenvalue weighted by Gasteiger charge is 2.25. The van der Waals surface area contributed by atoms with Crippen molar-refractivity contribution in [2.24, 2.45) is 5.92 Å². The van der Waals surface area contributed by atoms with E-state index >= 15 is 0 Å². The zero-order valence-electron chi connectivity index (χ0n) is 8.71. The van der Waals surface area contributed by atoms with Gasteiger partial charge in [-0.15, -0.1) is 0 Å². The van der Waals surface area contributed by atoms with Crippen molar-refractivity contribution in [2.45, 2.75) is 19.8 Å². The van der Waals surface area contributed by atoms with Gasteiger partial charge in [0.05, 0.1) is 9.50 Å². The van der Waals surface area contributed by atoms with Gasteiger partial charge in [0.1, 0.15) is 5.82 Å². The predicted molar refractivity (Wildman–Crippen MR) is 67.6 cm³/mol. The van der Waals surface area contributed by atoms with Gasteiger partial charge < -0.3 is 4.90 Å². The summed E-state index contributed by atoms with van der Waals surface area (Å²) in [6, 6.07) is 1.90. The van der Waals surface area contributed by atoms with Crippen LogP contribution in [0.15, 0.2) is 16.7 Å². The Morgan fingerprint density at radius 2 is 2.33 bits per heavy atom. The van der Waals surface area contributed by atoms with E-state index in [9.17, 15) is 0 Å². The summed E-state index contributed by atoms with van der Waals surface area (Å²) in [7, 11) is 0. The summed E-state index contributed by atoms with van der Waals surface area (Å²) >= 11 is 9.38. The SMILES string of the molecule is CCN(CC1CC1)c1ncc(Cl)cc1Br. The third-order valence-corrected chi connectivity index (χ3v) is 3.44. The molecule has 82 valence electrons. The second-order valence-electron chi connectivity index (χ2n) is 3.94. The van der Waals surface area contributed by atoms with E-state index in [0.717, 1.165) is 29.3 Å². The molecule has 0 saturated heterocycles. The first-order chi connectivity index (χ1) is 7.20. The van der Waals surface area contributed by atoms with Gasteiger partial charge in [-0.05, 0) is 47.7 Å². The van der Waals surface area contributed by atoms with E-state index < -0.39 is 0 Å². The van der Waals surface area contributed by atoms with E-state index in [1.165, 1.54) is 12.8 Å². The van der Waals surface area contributed by atoms with Crippen LogP contribution >= 0.6 is 27.5 Å². The first kappa shape index (κ1) is 11.2. The summed E-state index contributed by atoms with van der Waals surface area (Å²) in [5, 5.41) is 0.674. The quantitative estimate of drug-likeness (QED) is 0.839. The lowest BCUT2D eigenvalue weighted by Gasteiger charge is -2.22. The molecule has 1 aromatic rings. The molecule has 0 atom stereocenters. The fourth-order valence-electron chi connectivity index (χ4n) is 1.62. The monoisotopic (exact) mass is 288 g/mol. The fourth-order valence-corrected chi connectivity index (χ4v) is 2.51. The second-order valence-corrected chi connectivity index (χ2v) is 5.23. The van der Waals surface area contributed by atoms with Crippen molar-refractivity contribution < 1.29 is 0 Å². The Morgan fingerprint density at radius 3 is 2.87 bits per heavy atom. The summed E-state index contributed by atoms with van der Waals surface area (Å²) in [5.41, 5.74) is 0. The molecule has 0 bridgehead atoms. The van der Waals surface area contributed by atoms with E-state index in [4.69, 9.17) is 11.6 Å². The standard InChI is InChI=1S/C11H14BrClN2/c1-2-15(7-8-3-4-8)11-10(12)5-9(13)6-14-11/h5-6,8H,2-4,7H2,1H3. The lowest BCUT2D eigenvalue weighted by atomic mass is 10.3. The van der Waals surface area contributed by atoms with Crippen LogP contribution in [0.3, 0.4) is 0 Å². The number of pyridine rings is 1. The number of hydrogen-bond donors (Lipinski definition) is 0. The van der Waals surface area contributed by atoms with Gasteiger partial charge in [-0.25, -0.2) is 4.98 Å². The smallest absolute Gasteiger partial charge is 0.142 e. The molecule has 1 aromatic heterocycles. The molecule has 4 heteroatoms. The number of rotatable bonds is 4. The number of anilines is 1. The topological polar surface area (TPSA) is 16.1 Å². The Kier molecular flexibility index (Phi) is 3.52. The van der Waals surface area contributed by atoms with Crippen LogP contribution < -0.4 is 4.90 Å². The molecule has 1 saturated carbocycles. The average Bonchev–Trinajstić information content (AvgIpc) is 2.99. The van der Waals surface area contributed by atoms with Gasteiger partial charge in [-0.1, -0.05) is 11.6 Å². The Labute approximate surface area is 104 Å². The van der Waals surface area contributed by atoms with Gasteiger partial charge in [0.15, 0.2) is 0 Å². The van der Waals surface area contributed by atoms with Crippen LogP contribution in [-0.2, 0) is 0 Å². The van der Waals surface area contributed by atoms with Crippen molar-refractivity contribution >= 4 is 33.3 Å². The average molecular weight is 290 g/mol. The van der Waals surface area contributed by atoms with Crippen molar-refractivity contribution in [3.8, 4) is 0 Å². The van der Waals surface area contributed by atoms with E-state index in [-0.39, 0.29) is 0 Å². The highest BCUT2D eigenvalue weighted by molar-refractivity contribution is 9.10. The van der Waals surface area contributed by atoms with Gasteiger partial charge in [-0.2, -0.15) is 0 Å². The molecule has 15 heavy (non-hydrogen) atoms. The first-order valence-electron chi connectivity index (χ1n) is 5.26. The van der Waals surface area contributed by atoms with Crippen LogP contribution in [-0.4, -0.2) is 18.1 Å². The van der Waals surface area contributed by atoms with Crippen molar-refractivity contribution in [1.82, 2.24) is 4.98 Å². The molecule has 0 spiro atoms. The molecular weight excluding hydrogens is 275 g/mol. The largest absolute Gasteiger partial charge is 0.356 e. The van der Waals surface area contributed by atoms with Gasteiger partial charge in [0, 0.05) is 19.3 Å².